The molecule has 1 atom stereocenters. The Morgan fingerprint density at radius 3 is 2.50 bits per heavy atom. The van der Waals surface area contributed by atoms with E-state index in [-0.39, 0.29) is 12.5 Å². The van der Waals surface area contributed by atoms with Gasteiger partial charge in [-0.15, -0.1) is 0 Å². The Bertz CT molecular complexity index is 263. The second-order valence-corrected chi connectivity index (χ2v) is 2.63. The second-order valence-electron chi connectivity index (χ2n) is 2.63. The molecule has 1 N–H and O–H groups in total. The summed E-state index contributed by atoms with van der Waals surface area (Å²) in [6.07, 6.45) is 0. The number of nitrogens with zero attached hydrogens (tertiary/aromatic N) is 1. The number of aliphatic hydroxyl groups excluding tert-OH is 1. The molecule has 2 nitrogen and oxygen atoms in total. The van der Waals surface area contributed by atoms with Crippen LogP contribution in [0.2, 0.25) is 0 Å². The van der Waals surface area contributed by atoms with E-state index < -0.39 is 0 Å². The van der Waals surface area contributed by atoms with E-state index in [1.54, 1.807) is 0 Å². The van der Waals surface area contributed by atoms with Gasteiger partial charge in [0.05, 0.1) is 12.5 Å². The first kappa shape index (κ1) is 8.76. The quantitative estimate of drug-likeness (QED) is 0.670. The van der Waals surface area contributed by atoms with Crippen LogP contribution in [0.4, 0.5) is 0 Å². The van der Waals surface area contributed by atoms with Gasteiger partial charge in [-0.2, -0.15) is 0 Å². The fourth-order valence-corrected chi connectivity index (χ4v) is 1.10. The topological polar surface area (TPSA) is 24.6 Å². The van der Waals surface area contributed by atoms with Gasteiger partial charge >= 0.3 is 0 Å². The monoisotopic (exact) mass is 161 g/mol. The molecule has 0 saturated heterocycles. The van der Waals surface area contributed by atoms with E-state index in [2.05, 4.69) is 4.85 Å². The average molecular weight is 161 g/mol. The predicted octanol–water partition coefficient (Wildman–Crippen LogP) is 1.68. The number of hydrogen-bond acceptors (Lipinski definition) is 1. The fourth-order valence-electron chi connectivity index (χ4n) is 1.10. The lowest BCUT2D eigenvalue weighted by atomic mass is 10.0. The molecule has 0 aliphatic rings. The van der Waals surface area contributed by atoms with Gasteiger partial charge in [0.1, 0.15) is 0 Å². The first-order valence-electron chi connectivity index (χ1n) is 3.87. The highest BCUT2D eigenvalue weighted by molar-refractivity contribution is 5.20. The van der Waals surface area contributed by atoms with Crippen molar-refractivity contribution in [2.24, 2.45) is 0 Å². The standard InChI is InChI=1S/C10H11NO/c1-11-7-10(8-12)9-5-3-2-4-6-9/h2-6,10,12H,7-8H2. The van der Waals surface area contributed by atoms with Gasteiger partial charge in [-0.3, -0.25) is 0 Å². The number of aliphatic hydroxyl groups is 1. The maximum Gasteiger partial charge on any atom is 0.223 e. The SMILES string of the molecule is [C-]#[N+]CC(CO)c1ccccc1. The van der Waals surface area contributed by atoms with Crippen LogP contribution in [0.25, 0.3) is 4.85 Å². The van der Waals surface area contributed by atoms with Crippen LogP contribution in [0.5, 0.6) is 0 Å². The Hall–Kier alpha value is -1.33. The van der Waals surface area contributed by atoms with Crippen molar-refractivity contribution in [3.8, 4) is 0 Å². The molecule has 0 heterocycles. The summed E-state index contributed by atoms with van der Waals surface area (Å²) in [4.78, 5) is 3.27. The summed E-state index contributed by atoms with van der Waals surface area (Å²) in [6, 6.07) is 9.64. The zero-order valence-electron chi connectivity index (χ0n) is 6.77. The number of hydrogen-bond donors (Lipinski definition) is 1. The lowest BCUT2D eigenvalue weighted by Gasteiger charge is -2.06. The van der Waals surface area contributed by atoms with Crippen molar-refractivity contribution < 1.29 is 5.11 Å². The van der Waals surface area contributed by atoms with E-state index in [9.17, 15) is 0 Å². The van der Waals surface area contributed by atoms with E-state index in [1.807, 2.05) is 30.3 Å². The van der Waals surface area contributed by atoms with E-state index in [4.69, 9.17) is 11.7 Å². The van der Waals surface area contributed by atoms with Gasteiger partial charge in [-0.25, -0.2) is 6.57 Å². The van der Waals surface area contributed by atoms with Crippen molar-refractivity contribution in [2.45, 2.75) is 5.92 Å². The lowest BCUT2D eigenvalue weighted by molar-refractivity contribution is 0.271. The smallest absolute Gasteiger partial charge is 0.223 e. The van der Waals surface area contributed by atoms with Gasteiger partial charge in [0, 0.05) is 0 Å². The van der Waals surface area contributed by atoms with Gasteiger partial charge in [-0.05, 0) is 5.56 Å². The molecule has 1 aromatic rings. The predicted molar refractivity (Wildman–Crippen MR) is 47.7 cm³/mol. The van der Waals surface area contributed by atoms with Gasteiger partial charge in [0.25, 0.3) is 0 Å². The summed E-state index contributed by atoms with van der Waals surface area (Å²) in [5.74, 6) is -0.0244. The Morgan fingerprint density at radius 1 is 1.33 bits per heavy atom. The van der Waals surface area contributed by atoms with Crippen molar-refractivity contribution in [1.29, 1.82) is 0 Å². The molecule has 0 aromatic heterocycles. The lowest BCUT2D eigenvalue weighted by Crippen LogP contribution is -2.06. The summed E-state index contributed by atoms with van der Waals surface area (Å²) < 4.78 is 0. The summed E-state index contributed by atoms with van der Waals surface area (Å²) >= 11 is 0. The zero-order chi connectivity index (χ0) is 8.81. The third-order valence-corrected chi connectivity index (χ3v) is 1.80. The third kappa shape index (κ3) is 2.08. The molecule has 0 fully saturated rings. The van der Waals surface area contributed by atoms with Gasteiger partial charge in [0.2, 0.25) is 6.54 Å². The minimum absolute atomic E-state index is 0.0244. The zero-order valence-corrected chi connectivity index (χ0v) is 6.77. The van der Waals surface area contributed by atoms with Crippen molar-refractivity contribution in [2.75, 3.05) is 13.2 Å². The van der Waals surface area contributed by atoms with Gasteiger partial charge in [-0.1, -0.05) is 30.3 Å². The van der Waals surface area contributed by atoms with E-state index >= 15 is 0 Å². The summed E-state index contributed by atoms with van der Waals surface area (Å²) in [6.45, 7) is 7.11. The molecule has 2 heteroatoms. The van der Waals surface area contributed by atoms with Crippen molar-refractivity contribution in [3.63, 3.8) is 0 Å². The van der Waals surface area contributed by atoms with Crippen molar-refractivity contribution >= 4 is 0 Å². The summed E-state index contributed by atoms with van der Waals surface area (Å²) in [5, 5.41) is 8.97. The summed E-state index contributed by atoms with van der Waals surface area (Å²) in [7, 11) is 0. The molecule has 0 aliphatic carbocycles. The molecule has 0 bridgehead atoms. The molecule has 0 spiro atoms. The molecule has 0 saturated carbocycles. The number of benzene rings is 1. The van der Waals surface area contributed by atoms with Crippen molar-refractivity contribution in [1.82, 2.24) is 0 Å². The van der Waals surface area contributed by atoms with Crippen molar-refractivity contribution in [3.05, 3.63) is 47.3 Å². The largest absolute Gasteiger partial charge is 0.395 e. The van der Waals surface area contributed by atoms with Crippen LogP contribution < -0.4 is 0 Å². The van der Waals surface area contributed by atoms with Crippen LogP contribution in [0.15, 0.2) is 30.3 Å². The normalized spacial score (nSPS) is 12.0. The second kappa shape index (κ2) is 4.53. The Labute approximate surface area is 72.3 Å². The van der Waals surface area contributed by atoms with E-state index in [1.165, 1.54) is 0 Å². The maximum atomic E-state index is 8.97. The molecule has 12 heavy (non-hydrogen) atoms. The minimum Gasteiger partial charge on any atom is -0.395 e. The minimum atomic E-state index is -0.0244. The van der Waals surface area contributed by atoms with Crippen LogP contribution in [-0.2, 0) is 0 Å². The highest BCUT2D eigenvalue weighted by Crippen LogP contribution is 2.14. The highest BCUT2D eigenvalue weighted by Gasteiger charge is 2.11. The van der Waals surface area contributed by atoms with E-state index in [0.717, 1.165) is 5.56 Å². The first-order valence-corrected chi connectivity index (χ1v) is 3.87. The van der Waals surface area contributed by atoms with Crippen LogP contribution >= 0.6 is 0 Å². The highest BCUT2D eigenvalue weighted by atomic mass is 16.3. The molecule has 0 amide bonds. The first-order chi connectivity index (χ1) is 5.88. The fraction of sp³-hybridized carbons (Fsp3) is 0.300. The average Bonchev–Trinajstić information content (AvgIpc) is 2.15. The summed E-state index contributed by atoms with van der Waals surface area (Å²) in [5.41, 5.74) is 1.04. The van der Waals surface area contributed by atoms with Crippen LogP contribution in [-0.4, -0.2) is 18.3 Å². The Kier molecular flexibility index (Phi) is 3.31. The molecule has 62 valence electrons. The maximum absolute atomic E-state index is 8.97. The molecule has 1 rings (SSSR count). The van der Waals surface area contributed by atoms with Gasteiger partial charge < -0.3 is 9.95 Å². The molecule has 1 unspecified atom stereocenters. The van der Waals surface area contributed by atoms with Crippen LogP contribution in [0, 0.1) is 6.57 Å². The van der Waals surface area contributed by atoms with Crippen LogP contribution in [0.3, 0.4) is 0 Å². The molecule has 0 aliphatic heterocycles. The molecular weight excluding hydrogens is 150 g/mol. The third-order valence-electron chi connectivity index (χ3n) is 1.80. The van der Waals surface area contributed by atoms with Gasteiger partial charge in [0.15, 0.2) is 0 Å². The Balaban J connectivity index is 2.75. The number of rotatable bonds is 3. The van der Waals surface area contributed by atoms with E-state index in [0.29, 0.717) is 6.54 Å². The van der Waals surface area contributed by atoms with Crippen LogP contribution in [0.1, 0.15) is 11.5 Å². The molecule has 1 aromatic carbocycles. The molecule has 0 radical (unpaired) electrons. The molecular formula is C10H11NO. The Morgan fingerprint density at radius 2 is 2.00 bits per heavy atom.